The Balaban J connectivity index is 0.00000364. The topological polar surface area (TPSA) is 85.6 Å². The molecule has 1 N–H and O–H groups in total. The van der Waals surface area contributed by atoms with Gasteiger partial charge in [-0.1, -0.05) is 6.07 Å². The summed E-state index contributed by atoms with van der Waals surface area (Å²) in [7, 11) is 1.85. The van der Waals surface area contributed by atoms with Gasteiger partial charge in [0.1, 0.15) is 12.6 Å². The first-order chi connectivity index (χ1) is 12.3. The summed E-state index contributed by atoms with van der Waals surface area (Å²) in [6.07, 6.45) is 4.11. The molecule has 8 heteroatoms. The Labute approximate surface area is 174 Å². The fraction of sp³-hybridized carbons (Fsp3) is 0.263. The number of carbonyl (C=O) groups is 3. The van der Waals surface area contributed by atoms with E-state index in [1.54, 1.807) is 41.1 Å². The number of esters is 2. The maximum atomic E-state index is 12.1. The van der Waals surface area contributed by atoms with Crippen LogP contribution in [0.5, 0.6) is 11.5 Å². The van der Waals surface area contributed by atoms with Gasteiger partial charge in [0, 0.05) is 26.5 Å². The summed E-state index contributed by atoms with van der Waals surface area (Å²) in [5.74, 6) is -0.836. The molecular weight excluding hydrogens is 463 g/mol. The molecule has 2 rings (SSSR count). The molecule has 0 radical (unpaired) electrons. The lowest BCUT2D eigenvalue weighted by atomic mass is 10.1. The van der Waals surface area contributed by atoms with E-state index in [1.807, 2.05) is 13.2 Å². The minimum atomic E-state index is -0.513. The number of nitrogens with one attached hydrogen (secondary N) is 1. The van der Waals surface area contributed by atoms with Crippen molar-refractivity contribution in [2.24, 2.45) is 7.05 Å². The molecule has 0 fully saturated rings. The molecule has 0 aliphatic heterocycles. The highest BCUT2D eigenvalue weighted by atomic mass is 127. The van der Waals surface area contributed by atoms with Crippen molar-refractivity contribution in [2.75, 3.05) is 6.54 Å². The molecule has 7 nitrogen and oxygen atoms in total. The zero-order valence-electron chi connectivity index (χ0n) is 15.3. The number of hydrogen-bond donors (Lipinski definition) is 1. The van der Waals surface area contributed by atoms with Gasteiger partial charge >= 0.3 is 11.9 Å². The number of halogens is 1. The minimum absolute atomic E-state index is 0. The van der Waals surface area contributed by atoms with Gasteiger partial charge in [-0.25, -0.2) is 4.57 Å². The predicted octanol–water partition coefficient (Wildman–Crippen LogP) is -1.66. The average Bonchev–Trinajstić information content (AvgIpc) is 2.56. The molecule has 0 spiro atoms. The Hall–Kier alpha value is -2.49. The zero-order valence-corrected chi connectivity index (χ0v) is 17.5. The second-order valence-electron chi connectivity index (χ2n) is 5.73. The van der Waals surface area contributed by atoms with Gasteiger partial charge in [-0.15, -0.1) is 0 Å². The number of nitrogens with zero attached hydrogens (tertiary/aromatic N) is 1. The highest BCUT2D eigenvalue weighted by Crippen LogP contribution is 2.29. The summed E-state index contributed by atoms with van der Waals surface area (Å²) < 4.78 is 11.9. The smallest absolute Gasteiger partial charge is 0.308 e. The first kappa shape index (κ1) is 22.6. The second kappa shape index (κ2) is 10.6. The van der Waals surface area contributed by atoms with Gasteiger partial charge in [-0.05, 0) is 30.2 Å². The lowest BCUT2D eigenvalue weighted by Crippen LogP contribution is -3.00. The van der Waals surface area contributed by atoms with Crippen LogP contribution in [-0.4, -0.2) is 24.4 Å². The van der Waals surface area contributed by atoms with E-state index in [1.165, 1.54) is 13.8 Å². The number of rotatable bonds is 6. The second-order valence-corrected chi connectivity index (χ2v) is 5.73. The van der Waals surface area contributed by atoms with Crippen molar-refractivity contribution in [2.45, 2.75) is 20.3 Å². The number of aryl methyl sites for hydroxylation is 1. The number of pyridine rings is 1. The van der Waals surface area contributed by atoms with E-state index >= 15 is 0 Å². The molecule has 1 amide bonds. The molecule has 0 atom stereocenters. The standard InChI is InChI=1S/C19H20N2O5.HI/c1-13(22)25-17-7-6-15(11-18(17)26-14(2)23)8-9-20-19(24)16-5-4-10-21(3)12-16;/h4-7,10-12H,8-9H2,1-3H3;1H. The lowest BCUT2D eigenvalue weighted by molar-refractivity contribution is -0.671. The van der Waals surface area contributed by atoms with Crippen LogP contribution in [0.15, 0.2) is 42.7 Å². The van der Waals surface area contributed by atoms with Crippen LogP contribution in [0.2, 0.25) is 0 Å². The minimum Gasteiger partial charge on any atom is -1.00 e. The first-order valence-electron chi connectivity index (χ1n) is 8.08. The molecule has 27 heavy (non-hydrogen) atoms. The van der Waals surface area contributed by atoms with Gasteiger partial charge < -0.3 is 38.8 Å². The molecule has 144 valence electrons. The van der Waals surface area contributed by atoms with E-state index in [0.717, 1.165) is 5.56 Å². The van der Waals surface area contributed by atoms with Crippen LogP contribution in [-0.2, 0) is 23.1 Å². The van der Waals surface area contributed by atoms with Gasteiger partial charge in [0.2, 0.25) is 0 Å². The average molecular weight is 484 g/mol. The van der Waals surface area contributed by atoms with Gasteiger partial charge in [-0.3, -0.25) is 14.4 Å². The van der Waals surface area contributed by atoms with Crippen LogP contribution in [0, 0.1) is 0 Å². The van der Waals surface area contributed by atoms with Crippen LogP contribution in [0.25, 0.3) is 0 Å². The SMILES string of the molecule is CC(=O)Oc1ccc(CCNC(=O)c2ccc[n+](C)c2)cc1OC(C)=O.[I-]. The Morgan fingerprint density at radius 3 is 2.33 bits per heavy atom. The van der Waals surface area contributed by atoms with Gasteiger partial charge in [0.15, 0.2) is 23.9 Å². The molecule has 0 saturated carbocycles. The summed E-state index contributed by atoms with van der Waals surface area (Å²) in [5, 5.41) is 2.84. The van der Waals surface area contributed by atoms with E-state index in [9.17, 15) is 14.4 Å². The fourth-order valence-electron chi connectivity index (χ4n) is 2.33. The molecule has 0 aliphatic carbocycles. The third kappa shape index (κ3) is 7.33. The summed E-state index contributed by atoms with van der Waals surface area (Å²) in [6.45, 7) is 2.94. The quantitative estimate of drug-likeness (QED) is 0.230. The Morgan fingerprint density at radius 1 is 1.04 bits per heavy atom. The summed E-state index contributed by atoms with van der Waals surface area (Å²) >= 11 is 0. The first-order valence-corrected chi connectivity index (χ1v) is 8.08. The Bertz CT molecular complexity index is 839. The number of aromatic nitrogens is 1. The molecule has 2 aromatic rings. The van der Waals surface area contributed by atoms with E-state index in [4.69, 9.17) is 9.47 Å². The monoisotopic (exact) mass is 484 g/mol. The molecule has 1 heterocycles. The fourth-order valence-corrected chi connectivity index (χ4v) is 2.33. The predicted molar refractivity (Wildman–Crippen MR) is 92.7 cm³/mol. The Morgan fingerprint density at radius 2 is 1.70 bits per heavy atom. The van der Waals surface area contributed by atoms with E-state index < -0.39 is 11.9 Å². The van der Waals surface area contributed by atoms with Gasteiger partial charge in [0.25, 0.3) is 5.91 Å². The van der Waals surface area contributed by atoms with Crippen molar-refractivity contribution in [1.29, 1.82) is 0 Å². The number of ether oxygens (including phenoxy) is 2. The van der Waals surface area contributed by atoms with Crippen LogP contribution in [0.3, 0.4) is 0 Å². The zero-order chi connectivity index (χ0) is 19.1. The summed E-state index contributed by atoms with van der Waals surface area (Å²) in [4.78, 5) is 34.5. The van der Waals surface area contributed by atoms with Crippen LogP contribution in [0.1, 0.15) is 29.8 Å². The third-order valence-corrected chi connectivity index (χ3v) is 3.42. The van der Waals surface area contributed by atoms with Crippen molar-refractivity contribution < 1.29 is 52.4 Å². The molecular formula is C19H21IN2O5. The molecule has 0 bridgehead atoms. The van der Waals surface area contributed by atoms with Crippen molar-refractivity contribution >= 4 is 17.8 Å². The van der Waals surface area contributed by atoms with E-state index in [0.29, 0.717) is 18.5 Å². The van der Waals surface area contributed by atoms with Crippen LogP contribution < -0.4 is 43.3 Å². The van der Waals surface area contributed by atoms with Gasteiger partial charge in [0.05, 0.1) is 0 Å². The highest BCUT2D eigenvalue weighted by Gasteiger charge is 2.12. The number of benzene rings is 1. The summed E-state index contributed by atoms with van der Waals surface area (Å²) in [5.41, 5.74) is 1.40. The normalized spacial score (nSPS) is 9.74. The van der Waals surface area contributed by atoms with E-state index in [2.05, 4.69) is 5.32 Å². The van der Waals surface area contributed by atoms with Crippen LogP contribution in [0.4, 0.5) is 0 Å². The summed E-state index contributed by atoms with van der Waals surface area (Å²) in [6, 6.07) is 8.47. The molecule has 1 aromatic carbocycles. The molecule has 0 aliphatic rings. The maximum Gasteiger partial charge on any atom is 0.308 e. The number of carbonyl (C=O) groups excluding carboxylic acids is 3. The van der Waals surface area contributed by atoms with Crippen LogP contribution >= 0.6 is 0 Å². The van der Waals surface area contributed by atoms with Gasteiger partial charge in [-0.2, -0.15) is 0 Å². The molecule has 0 saturated heterocycles. The number of hydrogen-bond acceptors (Lipinski definition) is 5. The van der Waals surface area contributed by atoms with Crippen molar-refractivity contribution in [3.05, 3.63) is 53.9 Å². The van der Waals surface area contributed by atoms with Crippen molar-refractivity contribution in [3.63, 3.8) is 0 Å². The number of amides is 1. The van der Waals surface area contributed by atoms with E-state index in [-0.39, 0.29) is 41.4 Å². The highest BCUT2D eigenvalue weighted by molar-refractivity contribution is 5.93. The Kier molecular flexibility index (Phi) is 8.86. The largest absolute Gasteiger partial charge is 1.00 e. The molecule has 1 aromatic heterocycles. The maximum absolute atomic E-state index is 12.1. The van der Waals surface area contributed by atoms with Crippen molar-refractivity contribution in [1.82, 2.24) is 5.32 Å². The lowest BCUT2D eigenvalue weighted by Gasteiger charge is -2.11. The third-order valence-electron chi connectivity index (χ3n) is 3.42. The molecule has 0 unspecified atom stereocenters. The van der Waals surface area contributed by atoms with Crippen molar-refractivity contribution in [3.8, 4) is 11.5 Å².